The van der Waals surface area contributed by atoms with Crippen molar-refractivity contribution < 1.29 is 33.3 Å². The van der Waals surface area contributed by atoms with Crippen LogP contribution in [0.1, 0.15) is 51.6 Å². The molecule has 0 saturated carbocycles. The third-order valence-electron chi connectivity index (χ3n) is 7.24. The summed E-state index contributed by atoms with van der Waals surface area (Å²) in [5.74, 6) is -1.83. The number of hydrogen-bond acceptors (Lipinski definition) is 9. The Labute approximate surface area is 303 Å². The lowest BCUT2D eigenvalue weighted by atomic mass is 10.0. The Morgan fingerprint density at radius 3 is 2.00 bits per heavy atom. The molecule has 3 unspecified atom stereocenters. The molecule has 18 heteroatoms. The second-order valence-corrected chi connectivity index (χ2v) is 12.3. The number of hydrogen-bond donors (Lipinski definition) is 10. The van der Waals surface area contributed by atoms with Gasteiger partial charge in [0.05, 0.1) is 17.0 Å². The number of anilines is 2. The standard InChI is InChI=1S/C33H44N10O5S.CH2O2/c1-2-39-31(46)28(35)16-21-5-9-24(10-6-21)42-30(45)23-17-22(29(44)40-15-13-20-7-11-26(12-8-20)49(38)48)18-25(19-23)43-32(47)27(34)4-3-14-41-33(36)37;2-1-3/h5-12,17-19,27-28H,2-4,13-16,34-35,38H2,1H3,(H,39,46)(H,40,44)(H,42,45)(H,43,47)(H4,36,37,41);1H,(H,2,3). The van der Waals surface area contributed by atoms with Gasteiger partial charge in [-0.05, 0) is 86.2 Å². The number of aliphatic imine (C=N–C) groups is 1. The molecule has 0 heterocycles. The van der Waals surface area contributed by atoms with Crippen LogP contribution in [-0.2, 0) is 38.2 Å². The van der Waals surface area contributed by atoms with Gasteiger partial charge in [-0.1, -0.05) is 24.3 Å². The second-order valence-electron chi connectivity index (χ2n) is 11.3. The summed E-state index contributed by atoms with van der Waals surface area (Å²) < 4.78 is 11.4. The number of nitrogens with zero attached hydrogens (tertiary/aromatic N) is 1. The minimum atomic E-state index is -1.59. The van der Waals surface area contributed by atoms with Crippen LogP contribution in [0.25, 0.3) is 0 Å². The zero-order valence-corrected chi connectivity index (χ0v) is 29.5. The monoisotopic (exact) mass is 738 g/mol. The summed E-state index contributed by atoms with van der Waals surface area (Å²) in [6.45, 7) is 2.61. The summed E-state index contributed by atoms with van der Waals surface area (Å²) in [7, 11) is -1.59. The third kappa shape index (κ3) is 15.1. The van der Waals surface area contributed by atoms with Crippen LogP contribution in [0.5, 0.6) is 0 Å². The van der Waals surface area contributed by atoms with Crippen LogP contribution in [0, 0.1) is 0 Å². The first-order chi connectivity index (χ1) is 24.8. The van der Waals surface area contributed by atoms with Crippen molar-refractivity contribution >= 4 is 58.4 Å². The van der Waals surface area contributed by atoms with Crippen molar-refractivity contribution in [3.05, 3.63) is 89.0 Å². The van der Waals surface area contributed by atoms with Crippen molar-refractivity contribution in [2.75, 3.05) is 30.3 Å². The Bertz CT molecular complexity index is 1720. The molecule has 0 aliphatic carbocycles. The fourth-order valence-electron chi connectivity index (χ4n) is 4.64. The summed E-state index contributed by atoms with van der Waals surface area (Å²) in [4.78, 5) is 64.2. The number of nitrogens with two attached hydrogens (primary N) is 5. The van der Waals surface area contributed by atoms with E-state index in [1.165, 1.54) is 18.2 Å². The summed E-state index contributed by atoms with van der Waals surface area (Å²) in [5.41, 5.74) is 25.3. The number of benzene rings is 3. The molecule has 0 bridgehead atoms. The SMILES string of the molecule is CCNC(=O)C(N)Cc1ccc(NC(=O)c2cc(NC(=O)C(N)CCCN=C(N)N)cc(C(=O)NCCc3ccc(S(N)=O)cc3)c2)cc1.O=CO. The molecule has 0 saturated heterocycles. The summed E-state index contributed by atoms with van der Waals surface area (Å²) in [6, 6.07) is 16.4. The third-order valence-corrected chi connectivity index (χ3v) is 7.98. The number of likely N-dealkylation sites (N-methyl/N-ethyl adjacent to an activating group) is 1. The maximum atomic E-state index is 13.4. The predicted octanol–water partition coefficient (Wildman–Crippen LogP) is -0.0812. The van der Waals surface area contributed by atoms with E-state index in [1.54, 1.807) is 48.5 Å². The summed E-state index contributed by atoms with van der Waals surface area (Å²) >= 11 is 0. The van der Waals surface area contributed by atoms with Gasteiger partial charge < -0.3 is 49.3 Å². The molecular weight excluding hydrogens is 693 g/mol. The van der Waals surface area contributed by atoms with Gasteiger partial charge in [0, 0.05) is 42.1 Å². The van der Waals surface area contributed by atoms with Crippen LogP contribution >= 0.6 is 0 Å². The van der Waals surface area contributed by atoms with Gasteiger partial charge in [-0.15, -0.1) is 0 Å². The van der Waals surface area contributed by atoms with Crippen molar-refractivity contribution in [2.45, 2.75) is 49.6 Å². The van der Waals surface area contributed by atoms with Gasteiger partial charge in [-0.3, -0.25) is 29.0 Å². The second kappa shape index (κ2) is 22.2. The van der Waals surface area contributed by atoms with Gasteiger partial charge in [-0.2, -0.15) is 0 Å². The van der Waals surface area contributed by atoms with Crippen molar-refractivity contribution in [3.63, 3.8) is 0 Å². The smallest absolute Gasteiger partial charge is 0.290 e. The molecule has 0 aromatic heterocycles. The highest BCUT2D eigenvalue weighted by molar-refractivity contribution is 7.82. The Morgan fingerprint density at radius 1 is 0.827 bits per heavy atom. The van der Waals surface area contributed by atoms with Crippen molar-refractivity contribution in [1.29, 1.82) is 0 Å². The van der Waals surface area contributed by atoms with E-state index in [0.717, 1.165) is 11.1 Å². The Kier molecular flexibility index (Phi) is 18.1. The van der Waals surface area contributed by atoms with E-state index in [-0.39, 0.29) is 41.7 Å². The van der Waals surface area contributed by atoms with Gasteiger partial charge in [0.2, 0.25) is 11.8 Å². The Balaban J connectivity index is 0.00000301. The number of amides is 4. The van der Waals surface area contributed by atoms with Crippen LogP contribution in [0.4, 0.5) is 11.4 Å². The molecule has 52 heavy (non-hydrogen) atoms. The average Bonchev–Trinajstić information content (AvgIpc) is 3.11. The molecule has 0 radical (unpaired) electrons. The molecule has 15 N–H and O–H groups in total. The zero-order valence-electron chi connectivity index (χ0n) is 28.7. The summed E-state index contributed by atoms with van der Waals surface area (Å²) in [5, 5.41) is 23.3. The molecule has 17 nitrogen and oxygen atoms in total. The lowest BCUT2D eigenvalue weighted by Gasteiger charge is -2.15. The lowest BCUT2D eigenvalue weighted by Crippen LogP contribution is -2.41. The average molecular weight is 739 g/mol. The fourth-order valence-corrected chi connectivity index (χ4v) is 5.04. The molecule has 3 aromatic carbocycles. The van der Waals surface area contributed by atoms with Gasteiger partial charge in [0.25, 0.3) is 18.3 Å². The number of nitrogens with one attached hydrogen (secondary N) is 4. The van der Waals surface area contributed by atoms with Crippen LogP contribution in [0.3, 0.4) is 0 Å². The molecule has 0 aliphatic rings. The van der Waals surface area contributed by atoms with E-state index in [9.17, 15) is 23.4 Å². The number of rotatable bonds is 17. The fraction of sp³-hybridized carbons (Fsp3) is 0.294. The number of carboxylic acid groups (broad SMARTS) is 1. The van der Waals surface area contributed by atoms with E-state index in [1.807, 2.05) is 6.92 Å². The highest BCUT2D eigenvalue weighted by Crippen LogP contribution is 2.19. The Hall–Kier alpha value is -5.69. The molecule has 0 aliphatic heterocycles. The first-order valence-corrected chi connectivity index (χ1v) is 17.3. The van der Waals surface area contributed by atoms with Crippen LogP contribution in [0.2, 0.25) is 0 Å². The number of carbonyl (C=O) groups is 5. The zero-order chi connectivity index (χ0) is 38.6. The van der Waals surface area contributed by atoms with Crippen LogP contribution in [0.15, 0.2) is 76.6 Å². The van der Waals surface area contributed by atoms with E-state index >= 15 is 0 Å². The van der Waals surface area contributed by atoms with E-state index in [0.29, 0.717) is 49.4 Å². The van der Waals surface area contributed by atoms with Crippen molar-refractivity contribution in [2.24, 2.45) is 33.1 Å². The van der Waals surface area contributed by atoms with E-state index < -0.39 is 40.8 Å². The maximum Gasteiger partial charge on any atom is 0.290 e. The largest absolute Gasteiger partial charge is 0.483 e. The topological polar surface area (TPSA) is 313 Å². The highest BCUT2D eigenvalue weighted by atomic mass is 32.2. The first-order valence-electron chi connectivity index (χ1n) is 16.1. The van der Waals surface area contributed by atoms with Crippen LogP contribution < -0.4 is 49.3 Å². The molecule has 0 fully saturated rings. The molecule has 3 aromatic rings. The molecule has 4 amide bonds. The van der Waals surface area contributed by atoms with E-state index in [2.05, 4.69) is 26.3 Å². The van der Waals surface area contributed by atoms with Crippen molar-refractivity contribution in [3.8, 4) is 0 Å². The minimum absolute atomic E-state index is 0.0577. The normalized spacial score (nSPS) is 12.1. The molecular formula is C34H46N10O7S. The van der Waals surface area contributed by atoms with Gasteiger partial charge in [-0.25, -0.2) is 9.35 Å². The number of guanidine groups is 1. The Morgan fingerprint density at radius 2 is 1.42 bits per heavy atom. The molecule has 3 atom stereocenters. The first kappa shape index (κ1) is 42.5. The van der Waals surface area contributed by atoms with Gasteiger partial charge in [0.15, 0.2) is 5.96 Å². The molecule has 3 rings (SSSR count). The lowest BCUT2D eigenvalue weighted by molar-refractivity contribution is -0.123. The summed E-state index contributed by atoms with van der Waals surface area (Å²) in [6.07, 6.45) is 1.55. The predicted molar refractivity (Wildman–Crippen MR) is 199 cm³/mol. The maximum absolute atomic E-state index is 13.4. The van der Waals surface area contributed by atoms with Crippen molar-refractivity contribution in [1.82, 2.24) is 10.6 Å². The van der Waals surface area contributed by atoms with Gasteiger partial charge >= 0.3 is 0 Å². The molecule has 0 spiro atoms. The highest BCUT2D eigenvalue weighted by Gasteiger charge is 2.18. The minimum Gasteiger partial charge on any atom is -0.483 e. The van der Waals surface area contributed by atoms with E-state index in [4.69, 9.17) is 38.0 Å². The quantitative estimate of drug-likeness (QED) is 0.0378. The molecule has 280 valence electrons. The van der Waals surface area contributed by atoms with Crippen LogP contribution in [-0.4, -0.2) is 77.1 Å². The number of carbonyl (C=O) groups excluding carboxylic acids is 4. The van der Waals surface area contributed by atoms with Gasteiger partial charge in [0.1, 0.15) is 11.0 Å².